The van der Waals surface area contributed by atoms with Crippen LogP contribution in [0.4, 0.5) is 5.82 Å². The minimum absolute atomic E-state index is 0.0122. The zero-order valence-corrected chi connectivity index (χ0v) is 11.9. The first-order valence-electron chi connectivity index (χ1n) is 5.72. The summed E-state index contributed by atoms with van der Waals surface area (Å²) in [6, 6.07) is 1.50. The number of pyridine rings is 1. The van der Waals surface area contributed by atoms with Crippen molar-refractivity contribution < 1.29 is 15.0 Å². The summed E-state index contributed by atoms with van der Waals surface area (Å²) in [6.45, 7) is 4.06. The summed E-state index contributed by atoms with van der Waals surface area (Å²) in [6.07, 6.45) is 2.10. The topological polar surface area (TPSA) is 82.5 Å². The number of aliphatic hydroxyl groups is 1. The Bertz CT molecular complexity index is 424. The van der Waals surface area contributed by atoms with Crippen LogP contribution in [-0.2, 0) is 0 Å². The Balaban J connectivity index is 2.98. The van der Waals surface area contributed by atoms with Gasteiger partial charge in [0.05, 0.1) is 0 Å². The average Bonchev–Trinajstić information content (AvgIpc) is 2.30. The van der Waals surface area contributed by atoms with Gasteiger partial charge in [0, 0.05) is 23.3 Å². The van der Waals surface area contributed by atoms with Crippen molar-refractivity contribution in [1.82, 2.24) is 4.98 Å². The van der Waals surface area contributed by atoms with Gasteiger partial charge in [-0.05, 0) is 34.3 Å². The lowest BCUT2D eigenvalue weighted by Crippen LogP contribution is -2.28. The molecule has 1 aromatic rings. The monoisotopic (exact) mass is 316 g/mol. The third-order valence-electron chi connectivity index (χ3n) is 2.65. The molecule has 100 valence electrons. The van der Waals surface area contributed by atoms with Gasteiger partial charge in [-0.15, -0.1) is 0 Å². The van der Waals surface area contributed by atoms with Crippen LogP contribution in [0.3, 0.4) is 0 Å². The van der Waals surface area contributed by atoms with Crippen molar-refractivity contribution in [3.63, 3.8) is 0 Å². The van der Waals surface area contributed by atoms with Gasteiger partial charge in [-0.25, -0.2) is 9.78 Å². The fourth-order valence-corrected chi connectivity index (χ4v) is 1.94. The second-order valence-corrected chi connectivity index (χ2v) is 5.28. The summed E-state index contributed by atoms with van der Waals surface area (Å²) in [5, 5.41) is 21.2. The third-order valence-corrected chi connectivity index (χ3v) is 3.09. The number of rotatable bonds is 6. The van der Waals surface area contributed by atoms with Gasteiger partial charge in [0.15, 0.2) is 0 Å². The number of aliphatic hydroxyl groups excluding tert-OH is 1. The van der Waals surface area contributed by atoms with Crippen molar-refractivity contribution in [3.8, 4) is 0 Å². The fraction of sp³-hybridized carbons (Fsp3) is 0.500. The van der Waals surface area contributed by atoms with Crippen LogP contribution in [0.25, 0.3) is 0 Å². The number of carboxylic acid groups (broad SMARTS) is 1. The maximum Gasteiger partial charge on any atom is 0.339 e. The van der Waals surface area contributed by atoms with E-state index in [0.29, 0.717) is 16.7 Å². The minimum Gasteiger partial charge on any atom is -0.478 e. The van der Waals surface area contributed by atoms with Crippen LogP contribution in [0.1, 0.15) is 30.6 Å². The van der Waals surface area contributed by atoms with Gasteiger partial charge in [0.2, 0.25) is 0 Å². The Morgan fingerprint density at radius 2 is 2.22 bits per heavy atom. The standard InChI is InChI=1S/C12H17BrN2O3/c1-7(2)10(3-4-16)15-11-9(12(17)18)5-8(13)6-14-11/h5-7,10,16H,3-4H2,1-2H3,(H,14,15)(H,17,18). The van der Waals surface area contributed by atoms with Crippen molar-refractivity contribution in [3.05, 3.63) is 22.3 Å². The van der Waals surface area contributed by atoms with Crippen LogP contribution in [-0.4, -0.2) is 33.8 Å². The number of aromatic carboxylic acids is 1. The Hall–Kier alpha value is -1.14. The van der Waals surface area contributed by atoms with Crippen LogP contribution in [0, 0.1) is 5.92 Å². The summed E-state index contributed by atoms with van der Waals surface area (Å²) >= 11 is 3.20. The van der Waals surface area contributed by atoms with E-state index in [1.54, 1.807) is 6.20 Å². The summed E-state index contributed by atoms with van der Waals surface area (Å²) in [5.41, 5.74) is 0.118. The molecule has 1 unspecified atom stereocenters. The predicted molar refractivity (Wildman–Crippen MR) is 72.8 cm³/mol. The molecule has 0 aromatic carbocycles. The van der Waals surface area contributed by atoms with E-state index < -0.39 is 5.97 Å². The number of carboxylic acids is 1. The highest BCUT2D eigenvalue weighted by atomic mass is 79.9. The molecule has 1 heterocycles. The van der Waals surface area contributed by atoms with Gasteiger partial charge < -0.3 is 15.5 Å². The summed E-state index contributed by atoms with van der Waals surface area (Å²) in [7, 11) is 0. The van der Waals surface area contributed by atoms with Crippen LogP contribution in [0.5, 0.6) is 0 Å². The number of hydrogen-bond acceptors (Lipinski definition) is 4. The molecule has 0 aliphatic carbocycles. The van der Waals surface area contributed by atoms with Crippen molar-refractivity contribution in [2.75, 3.05) is 11.9 Å². The molecule has 0 aliphatic rings. The smallest absolute Gasteiger partial charge is 0.339 e. The normalized spacial score (nSPS) is 12.5. The highest BCUT2D eigenvalue weighted by Gasteiger charge is 2.18. The molecule has 0 spiro atoms. The number of nitrogens with zero attached hydrogens (tertiary/aromatic N) is 1. The SMILES string of the molecule is CC(C)C(CCO)Nc1ncc(Br)cc1C(=O)O. The van der Waals surface area contributed by atoms with Gasteiger partial charge in [-0.2, -0.15) is 0 Å². The lowest BCUT2D eigenvalue weighted by molar-refractivity contribution is 0.0697. The van der Waals surface area contributed by atoms with E-state index in [1.165, 1.54) is 6.07 Å². The first-order valence-corrected chi connectivity index (χ1v) is 6.51. The molecule has 0 amide bonds. The Morgan fingerprint density at radius 1 is 1.56 bits per heavy atom. The molecule has 0 saturated carbocycles. The van der Waals surface area contributed by atoms with Crippen LogP contribution < -0.4 is 5.32 Å². The molecular weight excluding hydrogens is 300 g/mol. The van der Waals surface area contributed by atoms with Crippen LogP contribution in [0.15, 0.2) is 16.7 Å². The molecule has 18 heavy (non-hydrogen) atoms. The van der Waals surface area contributed by atoms with E-state index in [2.05, 4.69) is 26.2 Å². The number of hydrogen-bond donors (Lipinski definition) is 3. The van der Waals surface area contributed by atoms with Gasteiger partial charge >= 0.3 is 5.97 Å². The summed E-state index contributed by atoms with van der Waals surface area (Å²) < 4.78 is 0.619. The number of aromatic nitrogens is 1. The van der Waals surface area contributed by atoms with E-state index in [4.69, 9.17) is 10.2 Å². The fourth-order valence-electron chi connectivity index (χ4n) is 1.60. The van der Waals surface area contributed by atoms with E-state index in [1.807, 2.05) is 13.8 Å². The van der Waals surface area contributed by atoms with Crippen molar-refractivity contribution in [2.45, 2.75) is 26.3 Å². The third kappa shape index (κ3) is 3.96. The van der Waals surface area contributed by atoms with Crippen molar-refractivity contribution >= 4 is 27.7 Å². The van der Waals surface area contributed by atoms with Gasteiger partial charge in [0.1, 0.15) is 11.4 Å². The molecule has 0 radical (unpaired) electrons. The van der Waals surface area contributed by atoms with Gasteiger partial charge in [-0.1, -0.05) is 13.8 Å². The minimum atomic E-state index is -1.03. The number of carbonyl (C=O) groups is 1. The van der Waals surface area contributed by atoms with E-state index in [-0.39, 0.29) is 24.1 Å². The van der Waals surface area contributed by atoms with Crippen LogP contribution >= 0.6 is 15.9 Å². The number of nitrogens with one attached hydrogen (secondary N) is 1. The Kier molecular flexibility index (Phi) is 5.55. The molecule has 1 rings (SSSR count). The number of anilines is 1. The first-order chi connectivity index (χ1) is 8.45. The second-order valence-electron chi connectivity index (χ2n) is 4.36. The Morgan fingerprint density at radius 3 is 2.72 bits per heavy atom. The van der Waals surface area contributed by atoms with E-state index in [0.717, 1.165) is 0 Å². The van der Waals surface area contributed by atoms with Crippen molar-refractivity contribution in [1.29, 1.82) is 0 Å². The molecule has 0 fully saturated rings. The average molecular weight is 317 g/mol. The van der Waals surface area contributed by atoms with Gasteiger partial charge in [-0.3, -0.25) is 0 Å². The summed E-state index contributed by atoms with van der Waals surface area (Å²) in [4.78, 5) is 15.2. The molecule has 1 atom stereocenters. The lowest BCUT2D eigenvalue weighted by atomic mass is 10.0. The zero-order valence-electron chi connectivity index (χ0n) is 10.4. The quantitative estimate of drug-likeness (QED) is 0.750. The highest BCUT2D eigenvalue weighted by Crippen LogP contribution is 2.21. The Labute approximate surface area is 114 Å². The van der Waals surface area contributed by atoms with Crippen molar-refractivity contribution in [2.24, 2.45) is 5.92 Å². The maximum absolute atomic E-state index is 11.1. The molecule has 0 aliphatic heterocycles. The zero-order chi connectivity index (χ0) is 13.7. The molecule has 5 nitrogen and oxygen atoms in total. The van der Waals surface area contributed by atoms with Gasteiger partial charge in [0.25, 0.3) is 0 Å². The number of halogens is 1. The van der Waals surface area contributed by atoms with Crippen LogP contribution in [0.2, 0.25) is 0 Å². The molecule has 0 saturated heterocycles. The molecule has 1 aromatic heterocycles. The lowest BCUT2D eigenvalue weighted by Gasteiger charge is -2.22. The maximum atomic E-state index is 11.1. The predicted octanol–water partition coefficient (Wildman–Crippen LogP) is 2.36. The van der Waals surface area contributed by atoms with E-state index in [9.17, 15) is 4.79 Å². The molecule has 3 N–H and O–H groups in total. The summed E-state index contributed by atoms with van der Waals surface area (Å²) in [5.74, 6) is -0.431. The molecular formula is C12H17BrN2O3. The largest absolute Gasteiger partial charge is 0.478 e. The molecule has 0 bridgehead atoms. The highest BCUT2D eigenvalue weighted by molar-refractivity contribution is 9.10. The molecule has 6 heteroatoms. The second kappa shape index (κ2) is 6.70. The first kappa shape index (κ1) is 14.9. The van der Waals surface area contributed by atoms with E-state index >= 15 is 0 Å².